The van der Waals surface area contributed by atoms with Crippen LogP contribution in [0.5, 0.6) is 5.75 Å². The maximum Gasteiger partial charge on any atom is 0.159 e. The molecule has 0 radical (unpaired) electrons. The van der Waals surface area contributed by atoms with Crippen molar-refractivity contribution in [3.8, 4) is 5.75 Å². The number of benzene rings is 1. The zero-order valence-corrected chi connectivity index (χ0v) is 9.56. The van der Waals surface area contributed by atoms with Gasteiger partial charge in [0.2, 0.25) is 0 Å². The lowest BCUT2D eigenvalue weighted by molar-refractivity contribution is 0.178. The summed E-state index contributed by atoms with van der Waals surface area (Å²) in [6.45, 7) is 3.69. The van der Waals surface area contributed by atoms with Crippen LogP contribution in [0.4, 0.5) is 0 Å². The molecule has 2 aromatic rings. The maximum absolute atomic E-state index is 5.51. The SMILES string of the molecule is C=CCSc1cccc(On2cccn2)c1. The normalized spacial score (nSPS) is 10.0. The maximum atomic E-state index is 5.51. The summed E-state index contributed by atoms with van der Waals surface area (Å²) in [7, 11) is 0. The van der Waals surface area contributed by atoms with E-state index in [1.54, 1.807) is 24.2 Å². The first-order valence-corrected chi connectivity index (χ1v) is 5.89. The molecule has 0 unspecified atom stereocenters. The first-order valence-electron chi connectivity index (χ1n) is 4.90. The summed E-state index contributed by atoms with van der Waals surface area (Å²) in [4.78, 5) is 8.09. The van der Waals surface area contributed by atoms with Crippen LogP contribution in [0.15, 0.2) is 60.3 Å². The third kappa shape index (κ3) is 2.90. The Balaban J connectivity index is 2.06. The number of aromatic nitrogens is 2. The van der Waals surface area contributed by atoms with E-state index in [9.17, 15) is 0 Å². The molecule has 0 fully saturated rings. The molecule has 3 nitrogen and oxygen atoms in total. The van der Waals surface area contributed by atoms with Crippen LogP contribution in [-0.2, 0) is 0 Å². The van der Waals surface area contributed by atoms with Crippen LogP contribution in [0.1, 0.15) is 0 Å². The molecule has 0 bridgehead atoms. The molecule has 16 heavy (non-hydrogen) atoms. The van der Waals surface area contributed by atoms with Crippen molar-refractivity contribution in [2.45, 2.75) is 4.90 Å². The molecule has 0 saturated heterocycles. The predicted molar refractivity (Wildman–Crippen MR) is 65.6 cm³/mol. The van der Waals surface area contributed by atoms with E-state index in [0.29, 0.717) is 0 Å². The number of rotatable bonds is 5. The third-order valence-corrected chi connectivity index (χ3v) is 2.84. The fourth-order valence-corrected chi connectivity index (χ4v) is 1.88. The molecule has 0 atom stereocenters. The summed E-state index contributed by atoms with van der Waals surface area (Å²) in [5.41, 5.74) is 0. The monoisotopic (exact) mass is 232 g/mol. The lowest BCUT2D eigenvalue weighted by atomic mass is 10.3. The molecule has 4 heteroatoms. The van der Waals surface area contributed by atoms with E-state index in [2.05, 4.69) is 11.7 Å². The Labute approximate surface area is 98.7 Å². The highest BCUT2D eigenvalue weighted by atomic mass is 32.2. The third-order valence-electron chi connectivity index (χ3n) is 1.85. The Morgan fingerprint density at radius 3 is 3.12 bits per heavy atom. The van der Waals surface area contributed by atoms with Crippen molar-refractivity contribution >= 4 is 11.8 Å². The van der Waals surface area contributed by atoms with Gasteiger partial charge in [-0.25, -0.2) is 0 Å². The van der Waals surface area contributed by atoms with Gasteiger partial charge in [-0.3, -0.25) is 0 Å². The fraction of sp³-hybridized carbons (Fsp3) is 0.0833. The zero-order valence-electron chi connectivity index (χ0n) is 8.74. The summed E-state index contributed by atoms with van der Waals surface area (Å²) in [6.07, 6.45) is 5.31. The highest BCUT2D eigenvalue weighted by Gasteiger charge is 1.98. The topological polar surface area (TPSA) is 27.1 Å². The first-order chi connectivity index (χ1) is 7.88. The molecule has 1 heterocycles. The molecule has 0 aliphatic heterocycles. The largest absolute Gasteiger partial charge is 0.358 e. The molecule has 1 aromatic heterocycles. The fourth-order valence-electron chi connectivity index (χ4n) is 1.19. The summed E-state index contributed by atoms with van der Waals surface area (Å²) in [6, 6.07) is 9.71. The minimum absolute atomic E-state index is 0.776. The van der Waals surface area contributed by atoms with E-state index in [4.69, 9.17) is 4.84 Å². The Morgan fingerprint density at radius 2 is 2.38 bits per heavy atom. The standard InChI is InChI=1S/C12H12N2OS/c1-2-9-16-12-6-3-5-11(10-12)15-14-8-4-7-13-14/h2-8,10H,1,9H2. The molecule has 0 amide bonds. The summed E-state index contributed by atoms with van der Waals surface area (Å²) < 4.78 is 0. The van der Waals surface area contributed by atoms with Crippen molar-refractivity contribution in [2.24, 2.45) is 0 Å². The predicted octanol–water partition coefficient (Wildman–Crippen LogP) is 3.00. The van der Waals surface area contributed by atoms with Gasteiger partial charge >= 0.3 is 0 Å². The molecule has 1 aromatic carbocycles. The van der Waals surface area contributed by atoms with E-state index < -0.39 is 0 Å². The van der Waals surface area contributed by atoms with Crippen molar-refractivity contribution in [3.63, 3.8) is 0 Å². The van der Waals surface area contributed by atoms with E-state index in [1.165, 1.54) is 4.85 Å². The van der Waals surface area contributed by atoms with Crippen molar-refractivity contribution in [3.05, 3.63) is 55.4 Å². The van der Waals surface area contributed by atoms with E-state index in [-0.39, 0.29) is 0 Å². The van der Waals surface area contributed by atoms with Crippen molar-refractivity contribution in [1.29, 1.82) is 0 Å². The average Bonchev–Trinajstić information content (AvgIpc) is 2.80. The van der Waals surface area contributed by atoms with Crippen LogP contribution in [0, 0.1) is 0 Å². The quantitative estimate of drug-likeness (QED) is 0.585. The summed E-state index contributed by atoms with van der Waals surface area (Å²) in [5, 5.41) is 3.97. The van der Waals surface area contributed by atoms with Gasteiger partial charge < -0.3 is 4.84 Å². The molecule has 0 spiro atoms. The van der Waals surface area contributed by atoms with Gasteiger partial charge in [0.25, 0.3) is 0 Å². The van der Waals surface area contributed by atoms with Gasteiger partial charge in [-0.15, -0.1) is 28.3 Å². The number of nitrogens with zero attached hydrogens (tertiary/aromatic N) is 2. The van der Waals surface area contributed by atoms with Crippen LogP contribution < -0.4 is 4.84 Å². The van der Waals surface area contributed by atoms with Gasteiger partial charge in [0.05, 0.1) is 12.4 Å². The molecule has 0 aliphatic rings. The Hall–Kier alpha value is -1.68. The van der Waals surface area contributed by atoms with Gasteiger partial charge in [-0.1, -0.05) is 12.1 Å². The molecule has 0 N–H and O–H groups in total. The number of hydrogen-bond acceptors (Lipinski definition) is 3. The van der Waals surface area contributed by atoms with E-state index in [0.717, 1.165) is 16.4 Å². The van der Waals surface area contributed by atoms with Crippen molar-refractivity contribution < 1.29 is 4.84 Å². The smallest absolute Gasteiger partial charge is 0.159 e. The van der Waals surface area contributed by atoms with E-state index >= 15 is 0 Å². The second kappa shape index (κ2) is 5.42. The van der Waals surface area contributed by atoms with Crippen molar-refractivity contribution in [2.75, 3.05) is 5.75 Å². The van der Waals surface area contributed by atoms with E-state index in [1.807, 2.05) is 36.4 Å². The second-order valence-electron chi connectivity index (χ2n) is 3.07. The van der Waals surface area contributed by atoms with Gasteiger partial charge in [0, 0.05) is 10.6 Å². The Morgan fingerprint density at radius 1 is 1.44 bits per heavy atom. The van der Waals surface area contributed by atoms with Gasteiger partial charge in [-0.05, 0) is 24.3 Å². The van der Waals surface area contributed by atoms with Gasteiger partial charge in [0.15, 0.2) is 5.75 Å². The molecule has 82 valence electrons. The summed E-state index contributed by atoms with van der Waals surface area (Å²) in [5.74, 6) is 1.67. The van der Waals surface area contributed by atoms with Crippen LogP contribution in [0.3, 0.4) is 0 Å². The molecular formula is C12H12N2OS. The highest BCUT2D eigenvalue weighted by molar-refractivity contribution is 7.99. The zero-order chi connectivity index (χ0) is 11.2. The van der Waals surface area contributed by atoms with Crippen molar-refractivity contribution in [1.82, 2.24) is 9.94 Å². The highest BCUT2D eigenvalue weighted by Crippen LogP contribution is 2.22. The molecular weight excluding hydrogens is 220 g/mol. The minimum atomic E-state index is 0.776. The lowest BCUT2D eigenvalue weighted by Gasteiger charge is -2.05. The van der Waals surface area contributed by atoms with Crippen LogP contribution in [0.2, 0.25) is 0 Å². The molecule has 0 saturated carbocycles. The van der Waals surface area contributed by atoms with Crippen LogP contribution >= 0.6 is 11.8 Å². The Bertz CT molecular complexity index is 454. The number of thioether (sulfide) groups is 1. The lowest BCUT2D eigenvalue weighted by Crippen LogP contribution is -2.04. The van der Waals surface area contributed by atoms with Gasteiger partial charge in [-0.2, -0.15) is 0 Å². The van der Waals surface area contributed by atoms with Gasteiger partial charge in [0.1, 0.15) is 0 Å². The number of hydrogen-bond donors (Lipinski definition) is 0. The first kappa shape index (κ1) is 10.8. The van der Waals surface area contributed by atoms with Crippen LogP contribution in [0.25, 0.3) is 0 Å². The molecule has 2 rings (SSSR count). The minimum Gasteiger partial charge on any atom is -0.358 e. The average molecular weight is 232 g/mol. The molecule has 0 aliphatic carbocycles. The summed E-state index contributed by atoms with van der Waals surface area (Å²) >= 11 is 1.72. The Kier molecular flexibility index (Phi) is 3.66. The second-order valence-corrected chi connectivity index (χ2v) is 4.17. The van der Waals surface area contributed by atoms with Crippen LogP contribution in [-0.4, -0.2) is 15.7 Å².